The second-order valence-corrected chi connectivity index (χ2v) is 3.87. The minimum Gasteiger partial charge on any atom is -0.460 e. The molecule has 1 aromatic carbocycles. The van der Waals surface area contributed by atoms with Crippen molar-refractivity contribution in [2.75, 3.05) is 19.8 Å². The van der Waals surface area contributed by atoms with E-state index in [0.717, 1.165) is 5.56 Å². The highest BCUT2D eigenvalue weighted by Crippen LogP contribution is 2.27. The summed E-state index contributed by atoms with van der Waals surface area (Å²) < 4.78 is 9.83. The number of carbonyl (C=O) groups is 2. The standard InChI is InChI=1S/C13H14O4/c1-2-17-13(15)12(14)11-6-4-3-5-10(11)9-7-16-8-9/h3-6,9H,2,7-8H2,1H3. The summed E-state index contributed by atoms with van der Waals surface area (Å²) in [6.45, 7) is 3.09. The molecule has 0 amide bonds. The monoisotopic (exact) mass is 234 g/mol. The summed E-state index contributed by atoms with van der Waals surface area (Å²) in [5.41, 5.74) is 1.30. The first-order valence-corrected chi connectivity index (χ1v) is 5.62. The van der Waals surface area contributed by atoms with Gasteiger partial charge in [-0.05, 0) is 12.5 Å². The van der Waals surface area contributed by atoms with Gasteiger partial charge >= 0.3 is 5.97 Å². The summed E-state index contributed by atoms with van der Waals surface area (Å²) in [5, 5.41) is 0. The highest BCUT2D eigenvalue weighted by atomic mass is 16.5. The van der Waals surface area contributed by atoms with Crippen LogP contribution in [0.4, 0.5) is 0 Å². The minimum atomic E-state index is -0.791. The van der Waals surface area contributed by atoms with Crippen LogP contribution in [0.15, 0.2) is 24.3 Å². The molecule has 1 aromatic rings. The molecule has 0 aliphatic carbocycles. The highest BCUT2D eigenvalue weighted by Gasteiger charge is 2.28. The number of benzene rings is 1. The number of rotatable bonds is 4. The van der Waals surface area contributed by atoms with E-state index in [1.165, 1.54) is 0 Å². The summed E-state index contributed by atoms with van der Waals surface area (Å²) in [4.78, 5) is 23.3. The van der Waals surface area contributed by atoms with Crippen LogP contribution < -0.4 is 0 Å². The van der Waals surface area contributed by atoms with Crippen molar-refractivity contribution in [2.24, 2.45) is 0 Å². The van der Waals surface area contributed by atoms with Gasteiger partial charge in [0, 0.05) is 11.5 Å². The third-order valence-electron chi connectivity index (χ3n) is 2.74. The largest absolute Gasteiger partial charge is 0.460 e. The average molecular weight is 234 g/mol. The van der Waals surface area contributed by atoms with Crippen LogP contribution in [0.5, 0.6) is 0 Å². The zero-order valence-electron chi connectivity index (χ0n) is 9.64. The number of Topliss-reactive ketones (excluding diaryl/α,β-unsaturated/α-hetero) is 1. The molecule has 0 saturated carbocycles. The Bertz CT molecular complexity index is 435. The molecule has 1 heterocycles. The maximum absolute atomic E-state index is 11.9. The molecule has 1 fully saturated rings. The van der Waals surface area contributed by atoms with E-state index in [1.807, 2.05) is 12.1 Å². The third kappa shape index (κ3) is 2.36. The molecule has 4 heteroatoms. The van der Waals surface area contributed by atoms with Crippen LogP contribution in [0.1, 0.15) is 28.8 Å². The molecule has 0 bridgehead atoms. The molecular formula is C13H14O4. The molecule has 17 heavy (non-hydrogen) atoms. The van der Waals surface area contributed by atoms with E-state index >= 15 is 0 Å². The molecule has 4 nitrogen and oxygen atoms in total. The van der Waals surface area contributed by atoms with Gasteiger partial charge < -0.3 is 9.47 Å². The molecule has 1 aliphatic rings. The van der Waals surface area contributed by atoms with Gasteiger partial charge in [-0.2, -0.15) is 0 Å². The second kappa shape index (κ2) is 5.10. The van der Waals surface area contributed by atoms with Gasteiger partial charge in [-0.3, -0.25) is 4.79 Å². The molecule has 0 spiro atoms. The van der Waals surface area contributed by atoms with Crippen molar-refractivity contribution >= 4 is 11.8 Å². The van der Waals surface area contributed by atoms with E-state index < -0.39 is 11.8 Å². The first-order valence-electron chi connectivity index (χ1n) is 5.62. The Hall–Kier alpha value is -1.68. The smallest absolute Gasteiger partial charge is 0.379 e. The lowest BCUT2D eigenvalue weighted by Crippen LogP contribution is -2.28. The maximum Gasteiger partial charge on any atom is 0.379 e. The highest BCUT2D eigenvalue weighted by molar-refractivity contribution is 6.41. The summed E-state index contributed by atoms with van der Waals surface area (Å²) in [7, 11) is 0. The molecule has 1 saturated heterocycles. The van der Waals surface area contributed by atoms with Crippen LogP contribution in [0, 0.1) is 0 Å². The molecule has 0 radical (unpaired) electrons. The SMILES string of the molecule is CCOC(=O)C(=O)c1ccccc1C1COC1. The molecule has 90 valence electrons. The van der Waals surface area contributed by atoms with Crippen molar-refractivity contribution in [3.63, 3.8) is 0 Å². The minimum absolute atomic E-state index is 0.208. The van der Waals surface area contributed by atoms with E-state index in [4.69, 9.17) is 9.47 Å². The van der Waals surface area contributed by atoms with Crippen molar-refractivity contribution in [3.8, 4) is 0 Å². The topological polar surface area (TPSA) is 52.6 Å². The van der Waals surface area contributed by atoms with Crippen molar-refractivity contribution in [1.29, 1.82) is 0 Å². The van der Waals surface area contributed by atoms with E-state index in [1.54, 1.807) is 19.1 Å². The van der Waals surface area contributed by atoms with E-state index in [9.17, 15) is 9.59 Å². The third-order valence-corrected chi connectivity index (χ3v) is 2.74. The van der Waals surface area contributed by atoms with Crippen molar-refractivity contribution in [2.45, 2.75) is 12.8 Å². The Morgan fingerprint density at radius 3 is 2.65 bits per heavy atom. The molecule has 0 atom stereocenters. The molecule has 0 aromatic heterocycles. The van der Waals surface area contributed by atoms with Crippen LogP contribution in [0.2, 0.25) is 0 Å². The Morgan fingerprint density at radius 1 is 1.35 bits per heavy atom. The van der Waals surface area contributed by atoms with Gasteiger partial charge in [0.05, 0.1) is 19.8 Å². The second-order valence-electron chi connectivity index (χ2n) is 3.87. The van der Waals surface area contributed by atoms with Crippen molar-refractivity contribution < 1.29 is 19.1 Å². The molecule has 2 rings (SSSR count). The van der Waals surface area contributed by atoms with Gasteiger partial charge in [-0.15, -0.1) is 0 Å². The first kappa shape index (κ1) is 11.8. The Kier molecular flexibility index (Phi) is 3.54. The number of ether oxygens (including phenoxy) is 2. The zero-order chi connectivity index (χ0) is 12.3. The van der Waals surface area contributed by atoms with Crippen molar-refractivity contribution in [1.82, 2.24) is 0 Å². The Morgan fingerprint density at radius 2 is 2.06 bits per heavy atom. The molecule has 0 unspecified atom stereocenters. The van der Waals surface area contributed by atoms with Gasteiger partial charge in [-0.1, -0.05) is 24.3 Å². The van der Waals surface area contributed by atoms with E-state index in [2.05, 4.69) is 0 Å². The fourth-order valence-electron chi connectivity index (χ4n) is 1.78. The number of esters is 1. The van der Waals surface area contributed by atoms with Crippen LogP contribution in [0.3, 0.4) is 0 Å². The van der Waals surface area contributed by atoms with E-state index in [-0.39, 0.29) is 12.5 Å². The predicted molar refractivity (Wildman–Crippen MR) is 61.0 cm³/mol. The number of ketones is 1. The molecular weight excluding hydrogens is 220 g/mol. The van der Waals surface area contributed by atoms with E-state index in [0.29, 0.717) is 18.8 Å². The van der Waals surface area contributed by atoms with Crippen LogP contribution in [-0.4, -0.2) is 31.6 Å². The average Bonchev–Trinajstić information content (AvgIpc) is 2.27. The number of carbonyl (C=O) groups excluding carboxylic acids is 2. The zero-order valence-corrected chi connectivity index (χ0v) is 9.64. The predicted octanol–water partition coefficient (Wildman–Crippen LogP) is 1.55. The van der Waals surface area contributed by atoms with Gasteiger partial charge in [0.2, 0.25) is 0 Å². The van der Waals surface area contributed by atoms with Crippen LogP contribution in [0.25, 0.3) is 0 Å². The van der Waals surface area contributed by atoms with Gasteiger partial charge in [0.15, 0.2) is 0 Å². The lowest BCUT2D eigenvalue weighted by atomic mass is 9.91. The lowest BCUT2D eigenvalue weighted by molar-refractivity contribution is -0.137. The van der Waals surface area contributed by atoms with Crippen molar-refractivity contribution in [3.05, 3.63) is 35.4 Å². The summed E-state index contributed by atoms with van der Waals surface area (Å²) in [6.07, 6.45) is 0. The molecule has 1 aliphatic heterocycles. The van der Waals surface area contributed by atoms with Crippen LogP contribution in [-0.2, 0) is 14.3 Å². The molecule has 0 N–H and O–H groups in total. The first-order chi connectivity index (χ1) is 8.24. The Balaban J connectivity index is 2.24. The van der Waals surface area contributed by atoms with Gasteiger partial charge in [-0.25, -0.2) is 4.79 Å². The van der Waals surface area contributed by atoms with Gasteiger partial charge in [0.25, 0.3) is 5.78 Å². The number of hydrogen-bond donors (Lipinski definition) is 0. The van der Waals surface area contributed by atoms with Gasteiger partial charge in [0.1, 0.15) is 0 Å². The maximum atomic E-state index is 11.9. The fourth-order valence-corrected chi connectivity index (χ4v) is 1.78. The summed E-state index contributed by atoms with van der Waals surface area (Å²) in [6, 6.07) is 7.12. The quantitative estimate of drug-likeness (QED) is 0.450. The number of hydrogen-bond acceptors (Lipinski definition) is 4. The normalized spacial score (nSPS) is 15.1. The Labute approximate surface area is 99.5 Å². The summed E-state index contributed by atoms with van der Waals surface area (Å²) in [5.74, 6) is -1.15. The fraction of sp³-hybridized carbons (Fsp3) is 0.385. The summed E-state index contributed by atoms with van der Waals surface area (Å²) >= 11 is 0. The lowest BCUT2D eigenvalue weighted by Gasteiger charge is -2.27. The van der Waals surface area contributed by atoms with Crippen LogP contribution >= 0.6 is 0 Å².